The van der Waals surface area contributed by atoms with E-state index < -0.39 is 0 Å². The lowest BCUT2D eigenvalue weighted by atomic mass is 10.3. The molecule has 0 N–H and O–H groups in total. The molecule has 1 aromatic rings. The van der Waals surface area contributed by atoms with Gasteiger partial charge < -0.3 is 0 Å². The fourth-order valence-electron chi connectivity index (χ4n) is 1.02. The second-order valence-electron chi connectivity index (χ2n) is 3.10. The number of hydrogen-bond donors (Lipinski definition) is 0. The Hall–Kier alpha value is -0.540. The van der Waals surface area contributed by atoms with Gasteiger partial charge >= 0.3 is 0 Å². The van der Waals surface area contributed by atoms with E-state index in [1.165, 1.54) is 4.90 Å². The van der Waals surface area contributed by atoms with Gasteiger partial charge in [-0.1, -0.05) is 22.0 Å². The van der Waals surface area contributed by atoms with Crippen LogP contribution in [-0.4, -0.2) is 11.5 Å². The average Bonchev–Trinajstić information content (AvgIpc) is 2.20. The Morgan fingerprint density at radius 3 is 2.67 bits per heavy atom. The molecule has 0 spiro atoms. The molecule has 0 bridgehead atoms. The van der Waals surface area contributed by atoms with Gasteiger partial charge in [-0.3, -0.25) is 4.79 Å². The number of rotatable bonds is 5. The zero-order valence-electron chi connectivity index (χ0n) is 8.57. The molecule has 0 saturated carbocycles. The van der Waals surface area contributed by atoms with Crippen LogP contribution in [-0.2, 0) is 4.79 Å². The third-order valence-corrected chi connectivity index (χ3v) is 3.29. The van der Waals surface area contributed by atoms with Gasteiger partial charge in [0.2, 0.25) is 0 Å². The highest BCUT2D eigenvalue weighted by Gasteiger charge is 1.92. The number of thioether (sulfide) groups is 1. The lowest BCUT2D eigenvalue weighted by molar-refractivity contribution is -0.112. The summed E-state index contributed by atoms with van der Waals surface area (Å²) in [6, 6.07) is 8.24. The molecule has 0 aliphatic heterocycles. The first-order chi connectivity index (χ1) is 7.18. The first-order valence-corrected chi connectivity index (χ1v) is 6.52. The van der Waals surface area contributed by atoms with Crippen molar-refractivity contribution in [3.8, 4) is 0 Å². The Bertz CT molecular complexity index is 343. The van der Waals surface area contributed by atoms with Gasteiger partial charge in [0.15, 0.2) is 5.78 Å². The van der Waals surface area contributed by atoms with Gasteiger partial charge in [-0.05, 0) is 43.7 Å². The molecule has 0 aliphatic rings. The Balaban J connectivity index is 2.26. The fraction of sp³-hybridized carbons (Fsp3) is 0.250. The van der Waals surface area contributed by atoms with Crippen molar-refractivity contribution in [3.05, 3.63) is 40.9 Å². The molecule has 0 heterocycles. The maximum atomic E-state index is 10.6. The summed E-state index contributed by atoms with van der Waals surface area (Å²) in [7, 11) is 0. The minimum atomic E-state index is 0.114. The third kappa shape index (κ3) is 5.80. The van der Waals surface area contributed by atoms with E-state index in [4.69, 9.17) is 0 Å². The summed E-state index contributed by atoms with van der Waals surface area (Å²) in [5.41, 5.74) is 0. The van der Waals surface area contributed by atoms with Gasteiger partial charge in [0.05, 0.1) is 0 Å². The molecule has 1 rings (SSSR count). The molecule has 0 radical (unpaired) electrons. The van der Waals surface area contributed by atoms with Gasteiger partial charge in [-0.15, -0.1) is 11.8 Å². The van der Waals surface area contributed by atoms with Crippen LogP contribution >= 0.6 is 27.7 Å². The predicted molar refractivity (Wildman–Crippen MR) is 69.3 cm³/mol. The minimum Gasteiger partial charge on any atom is -0.295 e. The Morgan fingerprint density at radius 2 is 2.07 bits per heavy atom. The van der Waals surface area contributed by atoms with Crippen molar-refractivity contribution in [2.75, 3.05) is 5.75 Å². The van der Waals surface area contributed by atoms with Crippen molar-refractivity contribution in [2.24, 2.45) is 0 Å². The molecule has 0 saturated heterocycles. The topological polar surface area (TPSA) is 17.1 Å². The van der Waals surface area contributed by atoms with Crippen LogP contribution in [0.2, 0.25) is 0 Å². The molecular weight excluding hydrogens is 272 g/mol. The molecule has 15 heavy (non-hydrogen) atoms. The highest BCUT2D eigenvalue weighted by molar-refractivity contribution is 9.10. The summed E-state index contributed by atoms with van der Waals surface area (Å²) in [5.74, 6) is 1.12. The number of ketones is 1. The largest absolute Gasteiger partial charge is 0.295 e. The Morgan fingerprint density at radius 1 is 1.40 bits per heavy atom. The lowest BCUT2D eigenvalue weighted by Crippen LogP contribution is -1.81. The summed E-state index contributed by atoms with van der Waals surface area (Å²) < 4.78 is 1.10. The number of carbonyl (C=O) groups is 1. The zero-order chi connectivity index (χ0) is 11.1. The van der Waals surface area contributed by atoms with Crippen molar-refractivity contribution in [1.29, 1.82) is 0 Å². The minimum absolute atomic E-state index is 0.114. The summed E-state index contributed by atoms with van der Waals surface area (Å²) in [6.07, 6.45) is 4.48. The van der Waals surface area contributed by atoms with E-state index in [2.05, 4.69) is 28.1 Å². The van der Waals surface area contributed by atoms with Crippen LogP contribution in [0.25, 0.3) is 0 Å². The van der Waals surface area contributed by atoms with Gasteiger partial charge in [0.1, 0.15) is 0 Å². The quantitative estimate of drug-likeness (QED) is 0.461. The molecular formula is C12H13BrOS. The highest BCUT2D eigenvalue weighted by Crippen LogP contribution is 2.21. The molecule has 80 valence electrons. The maximum Gasteiger partial charge on any atom is 0.152 e. The van der Waals surface area contributed by atoms with Crippen LogP contribution in [0, 0.1) is 0 Å². The summed E-state index contributed by atoms with van der Waals surface area (Å²) in [4.78, 5) is 11.9. The summed E-state index contributed by atoms with van der Waals surface area (Å²) >= 11 is 5.19. The third-order valence-electron chi connectivity index (χ3n) is 1.72. The first kappa shape index (κ1) is 12.5. The number of carbonyl (C=O) groups excluding carboxylic acids is 1. The Kier molecular flexibility index (Phi) is 5.73. The number of allylic oxidation sites excluding steroid dienone is 2. The zero-order valence-corrected chi connectivity index (χ0v) is 11.0. The van der Waals surface area contributed by atoms with Crippen LogP contribution in [0.5, 0.6) is 0 Å². The normalized spacial score (nSPS) is 10.8. The van der Waals surface area contributed by atoms with E-state index in [1.54, 1.807) is 24.8 Å². The summed E-state index contributed by atoms with van der Waals surface area (Å²) in [6.45, 7) is 1.57. The molecule has 0 amide bonds. The number of halogens is 1. The van der Waals surface area contributed by atoms with Gasteiger partial charge in [-0.25, -0.2) is 0 Å². The van der Waals surface area contributed by atoms with Gasteiger partial charge in [-0.2, -0.15) is 0 Å². The van der Waals surface area contributed by atoms with E-state index in [9.17, 15) is 4.79 Å². The van der Waals surface area contributed by atoms with Crippen molar-refractivity contribution < 1.29 is 4.79 Å². The van der Waals surface area contributed by atoms with Crippen molar-refractivity contribution in [1.82, 2.24) is 0 Å². The Labute approximate surface area is 103 Å². The molecule has 0 fully saturated rings. The SMILES string of the molecule is CC(=O)C=CCCSc1ccc(Br)cc1. The number of benzene rings is 1. The number of hydrogen-bond acceptors (Lipinski definition) is 2. The lowest BCUT2D eigenvalue weighted by Gasteiger charge is -1.98. The van der Waals surface area contributed by atoms with E-state index in [-0.39, 0.29) is 5.78 Å². The van der Waals surface area contributed by atoms with Crippen LogP contribution in [0.15, 0.2) is 45.8 Å². The molecule has 0 atom stereocenters. The van der Waals surface area contributed by atoms with E-state index in [0.717, 1.165) is 16.6 Å². The van der Waals surface area contributed by atoms with Crippen molar-refractivity contribution in [3.63, 3.8) is 0 Å². The average molecular weight is 285 g/mol. The predicted octanol–water partition coefficient (Wildman–Crippen LogP) is 4.08. The smallest absolute Gasteiger partial charge is 0.152 e. The van der Waals surface area contributed by atoms with Crippen LogP contribution < -0.4 is 0 Å². The van der Waals surface area contributed by atoms with E-state index >= 15 is 0 Å². The van der Waals surface area contributed by atoms with Crippen molar-refractivity contribution >= 4 is 33.5 Å². The first-order valence-electron chi connectivity index (χ1n) is 4.74. The van der Waals surface area contributed by atoms with Crippen LogP contribution in [0.4, 0.5) is 0 Å². The molecule has 3 heteroatoms. The summed E-state index contributed by atoms with van der Waals surface area (Å²) in [5, 5.41) is 0. The van der Waals surface area contributed by atoms with Gasteiger partial charge in [0, 0.05) is 15.1 Å². The monoisotopic (exact) mass is 284 g/mol. The highest BCUT2D eigenvalue weighted by atomic mass is 79.9. The second-order valence-corrected chi connectivity index (χ2v) is 5.19. The van der Waals surface area contributed by atoms with Crippen LogP contribution in [0.3, 0.4) is 0 Å². The standard InChI is InChI=1S/C12H13BrOS/c1-10(14)4-2-3-9-15-12-7-5-11(13)6-8-12/h2,4-8H,3,9H2,1H3. The molecule has 0 aromatic heterocycles. The van der Waals surface area contributed by atoms with E-state index in [1.807, 2.05) is 18.2 Å². The second kappa shape index (κ2) is 6.85. The molecule has 0 unspecified atom stereocenters. The van der Waals surface area contributed by atoms with Crippen molar-refractivity contribution in [2.45, 2.75) is 18.2 Å². The van der Waals surface area contributed by atoms with E-state index in [0.29, 0.717) is 0 Å². The fourth-order valence-corrected chi connectivity index (χ4v) is 2.11. The molecule has 0 aliphatic carbocycles. The van der Waals surface area contributed by atoms with Crippen LogP contribution in [0.1, 0.15) is 13.3 Å². The maximum absolute atomic E-state index is 10.6. The molecule has 1 aromatic carbocycles. The van der Waals surface area contributed by atoms with Gasteiger partial charge in [0.25, 0.3) is 0 Å². The molecule has 1 nitrogen and oxygen atoms in total.